The summed E-state index contributed by atoms with van der Waals surface area (Å²) >= 11 is 1.51. The standard InChI is InChI=1S/C37H43N3O5S2/c1-5-45-32-18-16-31(17-19-32)40(47(43,44)34-22-20-33(46-4)21-23-34)27-36(41)39(26-30-14-10-7-11-15-30)35(37(42)38-25-28(2)3)24-29-12-8-6-9-13-29/h6-23,28,35H,5,24-27H2,1-4H3,(H,38,42)/t35-/m0/s1. The Hall–Kier alpha value is -4.28. The number of hydrogen-bond donors (Lipinski definition) is 1. The second-order valence-corrected chi connectivity index (χ2v) is 14.2. The van der Waals surface area contributed by atoms with E-state index in [1.807, 2.05) is 87.7 Å². The summed E-state index contributed by atoms with van der Waals surface area (Å²) in [5.41, 5.74) is 2.01. The molecule has 0 saturated carbocycles. The molecule has 0 radical (unpaired) electrons. The average Bonchev–Trinajstić information content (AvgIpc) is 3.09. The molecule has 0 spiro atoms. The SMILES string of the molecule is CCOc1ccc(N(CC(=O)N(Cc2ccccc2)[C@@H](Cc2ccccc2)C(=O)NCC(C)C)S(=O)(=O)c2ccc(SC)cc2)cc1. The van der Waals surface area contributed by atoms with Crippen LogP contribution in [0.3, 0.4) is 0 Å². The summed E-state index contributed by atoms with van der Waals surface area (Å²) in [5.74, 6) is -0.0188. The van der Waals surface area contributed by atoms with Gasteiger partial charge < -0.3 is 15.0 Å². The third kappa shape index (κ3) is 9.86. The Morgan fingerprint density at radius 2 is 1.43 bits per heavy atom. The molecule has 1 atom stereocenters. The Morgan fingerprint density at radius 1 is 0.830 bits per heavy atom. The number of sulfonamides is 1. The van der Waals surface area contributed by atoms with Crippen molar-refractivity contribution in [3.05, 3.63) is 120 Å². The number of nitrogens with one attached hydrogen (secondary N) is 1. The maximum atomic E-state index is 14.6. The minimum atomic E-state index is -4.20. The van der Waals surface area contributed by atoms with Gasteiger partial charge in [-0.2, -0.15) is 0 Å². The summed E-state index contributed by atoms with van der Waals surface area (Å²) in [5, 5.41) is 3.01. The van der Waals surface area contributed by atoms with Crippen molar-refractivity contribution in [2.75, 3.05) is 30.3 Å². The van der Waals surface area contributed by atoms with E-state index in [4.69, 9.17) is 4.74 Å². The maximum absolute atomic E-state index is 14.6. The van der Waals surface area contributed by atoms with Gasteiger partial charge in [0.15, 0.2) is 0 Å². The molecule has 0 aliphatic carbocycles. The highest BCUT2D eigenvalue weighted by molar-refractivity contribution is 7.98. The van der Waals surface area contributed by atoms with Crippen molar-refractivity contribution in [2.24, 2.45) is 5.92 Å². The fraction of sp³-hybridized carbons (Fsp3) is 0.297. The molecule has 0 saturated heterocycles. The summed E-state index contributed by atoms with van der Waals surface area (Å²) in [6.07, 6.45) is 2.17. The lowest BCUT2D eigenvalue weighted by molar-refractivity contribution is -0.140. The number of benzene rings is 4. The van der Waals surface area contributed by atoms with Crippen molar-refractivity contribution < 1.29 is 22.7 Å². The van der Waals surface area contributed by atoms with Crippen LogP contribution >= 0.6 is 11.8 Å². The van der Waals surface area contributed by atoms with Crippen LogP contribution in [0.25, 0.3) is 0 Å². The number of anilines is 1. The van der Waals surface area contributed by atoms with Crippen LogP contribution in [0.15, 0.2) is 119 Å². The quantitative estimate of drug-likeness (QED) is 0.138. The lowest BCUT2D eigenvalue weighted by Crippen LogP contribution is -2.53. The molecule has 4 aromatic carbocycles. The number of ether oxygens (including phenoxy) is 1. The van der Waals surface area contributed by atoms with Gasteiger partial charge in [-0.25, -0.2) is 8.42 Å². The van der Waals surface area contributed by atoms with Crippen LogP contribution in [-0.2, 0) is 32.6 Å². The van der Waals surface area contributed by atoms with Crippen LogP contribution in [0.5, 0.6) is 5.75 Å². The van der Waals surface area contributed by atoms with E-state index in [9.17, 15) is 18.0 Å². The molecule has 8 nitrogen and oxygen atoms in total. The summed E-state index contributed by atoms with van der Waals surface area (Å²) in [6, 6.07) is 31.2. The molecule has 0 unspecified atom stereocenters. The number of nitrogens with zero attached hydrogens (tertiary/aromatic N) is 2. The number of amides is 2. The lowest BCUT2D eigenvalue weighted by Gasteiger charge is -2.34. The molecular weight excluding hydrogens is 631 g/mol. The molecule has 248 valence electrons. The molecule has 0 aliphatic heterocycles. The van der Waals surface area contributed by atoms with E-state index in [1.54, 1.807) is 48.5 Å². The van der Waals surface area contributed by atoms with Gasteiger partial charge in [-0.3, -0.25) is 13.9 Å². The van der Waals surface area contributed by atoms with Gasteiger partial charge in [-0.15, -0.1) is 11.8 Å². The van der Waals surface area contributed by atoms with Gasteiger partial charge in [0.2, 0.25) is 11.8 Å². The summed E-state index contributed by atoms with van der Waals surface area (Å²) < 4.78 is 35.2. The zero-order valence-electron chi connectivity index (χ0n) is 27.3. The normalized spacial score (nSPS) is 11.9. The number of carbonyl (C=O) groups is 2. The van der Waals surface area contributed by atoms with E-state index in [1.165, 1.54) is 16.7 Å². The predicted octanol–water partition coefficient (Wildman–Crippen LogP) is 6.41. The first-order valence-electron chi connectivity index (χ1n) is 15.7. The number of carbonyl (C=O) groups excluding carboxylic acids is 2. The minimum absolute atomic E-state index is 0.0575. The van der Waals surface area contributed by atoms with Gasteiger partial charge in [0.1, 0.15) is 18.3 Å². The highest BCUT2D eigenvalue weighted by Gasteiger charge is 2.34. The molecule has 1 N–H and O–H groups in total. The van der Waals surface area contributed by atoms with Gasteiger partial charge in [0.05, 0.1) is 17.2 Å². The zero-order valence-corrected chi connectivity index (χ0v) is 29.0. The third-order valence-corrected chi connectivity index (χ3v) is 10.0. The van der Waals surface area contributed by atoms with Crippen LogP contribution in [0, 0.1) is 5.92 Å². The summed E-state index contributed by atoms with van der Waals surface area (Å²) in [4.78, 5) is 30.9. The Kier molecular flexibility index (Phi) is 12.9. The first-order valence-corrected chi connectivity index (χ1v) is 18.3. The summed E-state index contributed by atoms with van der Waals surface area (Å²) in [7, 11) is -4.20. The van der Waals surface area contributed by atoms with Crippen molar-refractivity contribution in [1.82, 2.24) is 10.2 Å². The van der Waals surface area contributed by atoms with E-state index in [0.717, 1.165) is 20.3 Å². The van der Waals surface area contributed by atoms with E-state index in [0.29, 0.717) is 24.6 Å². The van der Waals surface area contributed by atoms with Crippen LogP contribution in [0.2, 0.25) is 0 Å². The first-order chi connectivity index (χ1) is 22.6. The lowest BCUT2D eigenvalue weighted by atomic mass is 10.0. The van der Waals surface area contributed by atoms with Crippen LogP contribution < -0.4 is 14.4 Å². The minimum Gasteiger partial charge on any atom is -0.494 e. The number of hydrogen-bond acceptors (Lipinski definition) is 6. The number of thioether (sulfide) groups is 1. The van der Waals surface area contributed by atoms with Crippen molar-refractivity contribution in [1.29, 1.82) is 0 Å². The van der Waals surface area contributed by atoms with Gasteiger partial charge in [0, 0.05) is 24.4 Å². The maximum Gasteiger partial charge on any atom is 0.264 e. The van der Waals surface area contributed by atoms with Crippen molar-refractivity contribution in [3.8, 4) is 5.75 Å². The van der Waals surface area contributed by atoms with Crippen molar-refractivity contribution in [2.45, 2.75) is 49.6 Å². The van der Waals surface area contributed by atoms with Crippen LogP contribution in [-0.4, -0.2) is 57.1 Å². The second-order valence-electron chi connectivity index (χ2n) is 11.5. The smallest absolute Gasteiger partial charge is 0.264 e. The Morgan fingerprint density at radius 3 is 1.98 bits per heavy atom. The highest BCUT2D eigenvalue weighted by Crippen LogP contribution is 2.28. The fourth-order valence-electron chi connectivity index (χ4n) is 5.04. The van der Waals surface area contributed by atoms with Gasteiger partial charge in [-0.05, 0) is 78.8 Å². The van der Waals surface area contributed by atoms with E-state index >= 15 is 0 Å². The molecule has 0 aliphatic rings. The summed E-state index contributed by atoms with van der Waals surface area (Å²) in [6.45, 7) is 6.37. The van der Waals surface area contributed by atoms with Gasteiger partial charge in [0.25, 0.3) is 10.0 Å². The molecule has 2 amide bonds. The Labute approximate surface area is 283 Å². The van der Waals surface area contributed by atoms with Gasteiger partial charge in [-0.1, -0.05) is 74.5 Å². The van der Waals surface area contributed by atoms with Crippen molar-refractivity contribution in [3.63, 3.8) is 0 Å². The fourth-order valence-corrected chi connectivity index (χ4v) is 6.86. The number of rotatable bonds is 16. The molecular formula is C37H43N3O5S2. The topological polar surface area (TPSA) is 96.0 Å². The highest BCUT2D eigenvalue weighted by atomic mass is 32.2. The average molecular weight is 674 g/mol. The predicted molar refractivity (Wildman–Crippen MR) is 189 cm³/mol. The first kappa shape index (κ1) is 35.6. The molecule has 0 heterocycles. The molecule has 0 aromatic heterocycles. The largest absolute Gasteiger partial charge is 0.494 e. The molecule has 4 aromatic rings. The zero-order chi connectivity index (χ0) is 33.8. The van der Waals surface area contributed by atoms with E-state index < -0.39 is 28.5 Å². The van der Waals surface area contributed by atoms with E-state index in [-0.39, 0.29) is 29.7 Å². The van der Waals surface area contributed by atoms with E-state index in [2.05, 4.69) is 5.32 Å². The Balaban J connectivity index is 1.78. The van der Waals surface area contributed by atoms with Crippen molar-refractivity contribution >= 4 is 39.3 Å². The molecule has 10 heteroatoms. The monoisotopic (exact) mass is 673 g/mol. The molecule has 4 rings (SSSR count). The second kappa shape index (κ2) is 17.0. The Bertz CT molecular complexity index is 1680. The molecule has 0 bridgehead atoms. The van der Waals surface area contributed by atoms with Crippen LogP contribution in [0.1, 0.15) is 31.9 Å². The van der Waals surface area contributed by atoms with Crippen LogP contribution in [0.4, 0.5) is 5.69 Å². The molecule has 0 fully saturated rings. The van der Waals surface area contributed by atoms with Gasteiger partial charge >= 0.3 is 0 Å². The molecule has 47 heavy (non-hydrogen) atoms. The third-order valence-electron chi connectivity index (χ3n) is 7.51.